The van der Waals surface area contributed by atoms with Gasteiger partial charge in [-0.3, -0.25) is 9.59 Å². The van der Waals surface area contributed by atoms with Gasteiger partial charge in [-0.1, -0.05) is 42.5 Å². The maximum Gasteiger partial charge on any atom is 0.329 e. The van der Waals surface area contributed by atoms with Crippen LogP contribution >= 0.6 is 0 Å². The van der Waals surface area contributed by atoms with Gasteiger partial charge in [-0.05, 0) is 36.8 Å². The number of carbonyl (C=O) groups excluding carboxylic acids is 2. The standard InChI is InChI=1S/C19H19N3O3/c1-3-11-25-17-6-4-5-15(12-17)13-20-22-19(24)18(23)21-16-9-7-14(2)8-10-16/h3-10,12-13H,1,11H2,2H3,(H,21,23)(H,22,24)/b20-13+. The Morgan fingerprint density at radius 3 is 2.64 bits per heavy atom. The van der Waals surface area contributed by atoms with Crippen LogP contribution in [0.2, 0.25) is 0 Å². The molecule has 0 aliphatic carbocycles. The summed E-state index contributed by atoms with van der Waals surface area (Å²) in [7, 11) is 0. The second-order valence-corrected chi connectivity index (χ2v) is 5.19. The smallest absolute Gasteiger partial charge is 0.329 e. The molecule has 128 valence electrons. The largest absolute Gasteiger partial charge is 0.490 e. The lowest BCUT2D eigenvalue weighted by molar-refractivity contribution is -0.136. The zero-order valence-electron chi connectivity index (χ0n) is 13.9. The number of hydrogen-bond acceptors (Lipinski definition) is 4. The molecule has 6 heteroatoms. The molecule has 2 N–H and O–H groups in total. The minimum Gasteiger partial charge on any atom is -0.490 e. The number of anilines is 1. The van der Waals surface area contributed by atoms with Gasteiger partial charge in [0.25, 0.3) is 0 Å². The highest BCUT2D eigenvalue weighted by molar-refractivity contribution is 6.39. The molecule has 0 unspecified atom stereocenters. The van der Waals surface area contributed by atoms with Crippen molar-refractivity contribution in [3.8, 4) is 5.75 Å². The fourth-order valence-corrected chi connectivity index (χ4v) is 1.88. The van der Waals surface area contributed by atoms with E-state index in [0.29, 0.717) is 18.0 Å². The number of nitrogens with zero attached hydrogens (tertiary/aromatic N) is 1. The summed E-state index contributed by atoms with van der Waals surface area (Å²) in [5, 5.41) is 6.27. The Kier molecular flexibility index (Phi) is 6.47. The van der Waals surface area contributed by atoms with Gasteiger partial charge in [0.2, 0.25) is 0 Å². The molecule has 0 aliphatic rings. The van der Waals surface area contributed by atoms with Gasteiger partial charge in [-0.2, -0.15) is 5.10 Å². The number of hydrogen-bond donors (Lipinski definition) is 2. The lowest BCUT2D eigenvalue weighted by Crippen LogP contribution is -2.32. The average molecular weight is 337 g/mol. The van der Waals surface area contributed by atoms with Crippen molar-refractivity contribution in [1.82, 2.24) is 5.43 Å². The lowest BCUT2D eigenvalue weighted by atomic mass is 10.2. The molecular formula is C19H19N3O3. The SMILES string of the molecule is C=CCOc1cccc(/C=N/NC(=O)C(=O)Nc2ccc(C)cc2)c1. The van der Waals surface area contributed by atoms with Crippen LogP contribution in [0.3, 0.4) is 0 Å². The van der Waals surface area contributed by atoms with E-state index in [1.807, 2.05) is 19.1 Å². The Labute approximate surface area is 146 Å². The summed E-state index contributed by atoms with van der Waals surface area (Å²) in [6.07, 6.45) is 3.07. The monoisotopic (exact) mass is 337 g/mol. The highest BCUT2D eigenvalue weighted by atomic mass is 16.5. The van der Waals surface area contributed by atoms with Crippen molar-refractivity contribution in [2.45, 2.75) is 6.92 Å². The van der Waals surface area contributed by atoms with E-state index < -0.39 is 11.8 Å². The third-order valence-corrected chi connectivity index (χ3v) is 3.12. The number of carbonyl (C=O) groups is 2. The fraction of sp³-hybridized carbons (Fsp3) is 0.105. The Morgan fingerprint density at radius 2 is 1.92 bits per heavy atom. The summed E-state index contributed by atoms with van der Waals surface area (Å²) in [5.74, 6) is -0.979. The van der Waals surface area contributed by atoms with Gasteiger partial charge in [-0.15, -0.1) is 0 Å². The van der Waals surface area contributed by atoms with Crippen molar-refractivity contribution in [2.75, 3.05) is 11.9 Å². The maximum atomic E-state index is 11.8. The third-order valence-electron chi connectivity index (χ3n) is 3.12. The van der Waals surface area contributed by atoms with Gasteiger partial charge in [0.05, 0.1) is 6.21 Å². The van der Waals surface area contributed by atoms with Crippen LogP contribution in [0.1, 0.15) is 11.1 Å². The summed E-state index contributed by atoms with van der Waals surface area (Å²) in [4.78, 5) is 23.5. The number of amides is 2. The topological polar surface area (TPSA) is 79.8 Å². The first-order valence-electron chi connectivity index (χ1n) is 7.63. The van der Waals surface area contributed by atoms with E-state index in [-0.39, 0.29) is 0 Å². The lowest BCUT2D eigenvalue weighted by Gasteiger charge is -2.04. The second kappa shape index (κ2) is 9.02. The summed E-state index contributed by atoms with van der Waals surface area (Å²) in [5.41, 5.74) is 4.51. The minimum absolute atomic E-state index is 0.399. The van der Waals surface area contributed by atoms with Gasteiger partial charge < -0.3 is 10.1 Å². The number of hydrazone groups is 1. The Hall–Kier alpha value is -3.41. The number of nitrogens with one attached hydrogen (secondary N) is 2. The van der Waals surface area contributed by atoms with Gasteiger partial charge >= 0.3 is 11.8 Å². The van der Waals surface area contributed by atoms with Crippen molar-refractivity contribution in [3.63, 3.8) is 0 Å². The molecule has 0 fully saturated rings. The Balaban J connectivity index is 1.88. The van der Waals surface area contributed by atoms with Crippen LogP contribution in [0.25, 0.3) is 0 Å². The first-order valence-corrected chi connectivity index (χ1v) is 7.63. The molecule has 0 aromatic heterocycles. The number of benzene rings is 2. The van der Waals surface area contributed by atoms with E-state index >= 15 is 0 Å². The molecule has 2 rings (SSSR count). The molecular weight excluding hydrogens is 318 g/mol. The maximum absolute atomic E-state index is 11.8. The van der Waals surface area contributed by atoms with Crippen LogP contribution in [-0.4, -0.2) is 24.6 Å². The van der Waals surface area contributed by atoms with E-state index in [1.165, 1.54) is 6.21 Å². The molecule has 2 aromatic rings. The number of aryl methyl sites for hydroxylation is 1. The third kappa shape index (κ3) is 5.95. The molecule has 0 saturated heterocycles. The van der Waals surface area contributed by atoms with E-state index in [9.17, 15) is 9.59 Å². The molecule has 0 atom stereocenters. The van der Waals surface area contributed by atoms with Gasteiger partial charge in [0, 0.05) is 5.69 Å². The predicted molar refractivity (Wildman–Crippen MR) is 97.7 cm³/mol. The Morgan fingerprint density at radius 1 is 1.16 bits per heavy atom. The molecule has 2 aromatic carbocycles. The minimum atomic E-state index is -0.851. The van der Waals surface area contributed by atoms with Crippen LogP contribution in [0, 0.1) is 6.92 Å². The van der Waals surface area contributed by atoms with Crippen LogP contribution < -0.4 is 15.5 Å². The van der Waals surface area contributed by atoms with E-state index in [0.717, 1.165) is 11.1 Å². The Bertz CT molecular complexity index is 783. The average Bonchev–Trinajstić information content (AvgIpc) is 2.62. The molecule has 6 nitrogen and oxygen atoms in total. The summed E-state index contributed by atoms with van der Waals surface area (Å²) in [6, 6.07) is 14.3. The first kappa shape index (κ1) is 17.9. The summed E-state index contributed by atoms with van der Waals surface area (Å²) >= 11 is 0. The van der Waals surface area contributed by atoms with Crippen molar-refractivity contribution in [2.24, 2.45) is 5.10 Å². The highest BCUT2D eigenvalue weighted by Crippen LogP contribution is 2.12. The number of rotatable bonds is 6. The van der Waals surface area contributed by atoms with Crippen LogP contribution in [-0.2, 0) is 9.59 Å². The fourth-order valence-electron chi connectivity index (χ4n) is 1.88. The molecule has 0 spiro atoms. The van der Waals surface area contributed by atoms with Gasteiger partial charge in [0.1, 0.15) is 12.4 Å². The zero-order chi connectivity index (χ0) is 18.1. The molecule has 0 heterocycles. The normalized spacial score (nSPS) is 10.3. The van der Waals surface area contributed by atoms with E-state index in [2.05, 4.69) is 22.4 Å². The van der Waals surface area contributed by atoms with Crippen molar-refractivity contribution >= 4 is 23.7 Å². The predicted octanol–water partition coefficient (Wildman–Crippen LogP) is 2.65. The highest BCUT2D eigenvalue weighted by Gasteiger charge is 2.12. The first-order chi connectivity index (χ1) is 12.1. The molecule has 2 amide bonds. The molecule has 0 radical (unpaired) electrons. The summed E-state index contributed by atoms with van der Waals surface area (Å²) in [6.45, 7) is 5.92. The number of ether oxygens (including phenoxy) is 1. The zero-order valence-corrected chi connectivity index (χ0v) is 13.9. The van der Waals surface area contributed by atoms with Crippen LogP contribution in [0.15, 0.2) is 66.3 Å². The van der Waals surface area contributed by atoms with E-state index in [4.69, 9.17) is 4.74 Å². The molecule has 0 bridgehead atoms. The quantitative estimate of drug-likeness (QED) is 0.368. The van der Waals surface area contributed by atoms with Crippen molar-refractivity contribution < 1.29 is 14.3 Å². The van der Waals surface area contributed by atoms with Crippen LogP contribution in [0.4, 0.5) is 5.69 Å². The molecule has 25 heavy (non-hydrogen) atoms. The summed E-state index contributed by atoms with van der Waals surface area (Å²) < 4.78 is 5.41. The van der Waals surface area contributed by atoms with E-state index in [1.54, 1.807) is 42.5 Å². The van der Waals surface area contributed by atoms with Crippen molar-refractivity contribution in [3.05, 3.63) is 72.3 Å². The molecule has 0 saturated carbocycles. The van der Waals surface area contributed by atoms with Crippen LogP contribution in [0.5, 0.6) is 5.75 Å². The molecule has 0 aliphatic heterocycles. The second-order valence-electron chi connectivity index (χ2n) is 5.19. The van der Waals surface area contributed by atoms with Gasteiger partial charge in [0.15, 0.2) is 0 Å². The van der Waals surface area contributed by atoms with Gasteiger partial charge in [-0.25, -0.2) is 5.43 Å². The van der Waals surface area contributed by atoms with Crippen molar-refractivity contribution in [1.29, 1.82) is 0 Å².